The van der Waals surface area contributed by atoms with E-state index in [1.165, 1.54) is 0 Å². The molecule has 0 aliphatic heterocycles. The lowest BCUT2D eigenvalue weighted by Crippen LogP contribution is -2.43. The zero-order valence-corrected chi connectivity index (χ0v) is 11.5. The zero-order chi connectivity index (χ0) is 13.4. The Bertz CT molecular complexity index is 530. The first kappa shape index (κ1) is 13.5. The number of rotatable bonds is 4. The summed E-state index contributed by atoms with van der Waals surface area (Å²) in [7, 11) is -3.64. The molecule has 0 spiro atoms. The van der Waals surface area contributed by atoms with Gasteiger partial charge in [-0.15, -0.1) is 0 Å². The molecule has 3 N–H and O–H groups in total. The van der Waals surface area contributed by atoms with Crippen molar-refractivity contribution in [2.24, 2.45) is 0 Å². The van der Waals surface area contributed by atoms with Crippen LogP contribution in [0.3, 0.4) is 0 Å². The van der Waals surface area contributed by atoms with Crippen molar-refractivity contribution in [2.75, 3.05) is 0 Å². The van der Waals surface area contributed by atoms with Gasteiger partial charge in [0.15, 0.2) is 0 Å². The molecule has 18 heavy (non-hydrogen) atoms. The minimum absolute atomic E-state index is 0.0816. The lowest BCUT2D eigenvalue weighted by Gasteiger charge is -2.24. The van der Waals surface area contributed by atoms with E-state index in [2.05, 4.69) is 14.9 Å². The number of hydrogen-bond acceptors (Lipinski definition) is 4. The molecule has 1 saturated carbocycles. The highest BCUT2D eigenvalue weighted by atomic mass is 32.2. The van der Waals surface area contributed by atoms with Crippen LogP contribution in [0.5, 0.6) is 0 Å². The van der Waals surface area contributed by atoms with Crippen molar-refractivity contribution in [3.8, 4) is 0 Å². The molecule has 0 bridgehead atoms. The standard InChI is InChI=1S/C11H19N3O3S/c1-8-10(9(7-15)13-12-8)18(16,17)14-11(2)5-3-4-6-11/h14-15H,3-7H2,1-2H3,(H,12,13). The number of aliphatic hydroxyl groups excluding tert-OH is 1. The van der Waals surface area contributed by atoms with E-state index in [0.29, 0.717) is 5.69 Å². The topological polar surface area (TPSA) is 95.1 Å². The number of aryl methyl sites for hydroxylation is 1. The second-order valence-electron chi connectivity index (χ2n) is 5.16. The summed E-state index contributed by atoms with van der Waals surface area (Å²) in [6, 6.07) is 0. The number of nitrogens with one attached hydrogen (secondary N) is 2. The highest BCUT2D eigenvalue weighted by Crippen LogP contribution is 2.31. The van der Waals surface area contributed by atoms with Crippen molar-refractivity contribution in [1.82, 2.24) is 14.9 Å². The van der Waals surface area contributed by atoms with Gasteiger partial charge in [-0.25, -0.2) is 13.1 Å². The van der Waals surface area contributed by atoms with E-state index in [-0.39, 0.29) is 16.1 Å². The van der Waals surface area contributed by atoms with E-state index in [4.69, 9.17) is 5.11 Å². The summed E-state index contributed by atoms with van der Waals surface area (Å²) in [6.07, 6.45) is 3.77. The first-order valence-electron chi connectivity index (χ1n) is 6.07. The number of hydrogen-bond donors (Lipinski definition) is 3. The van der Waals surface area contributed by atoms with Gasteiger partial charge in [-0.05, 0) is 26.7 Å². The van der Waals surface area contributed by atoms with Crippen LogP contribution in [0, 0.1) is 6.92 Å². The zero-order valence-electron chi connectivity index (χ0n) is 10.7. The average Bonchev–Trinajstić information content (AvgIpc) is 2.84. The Labute approximate surface area is 107 Å². The molecule has 2 rings (SSSR count). The van der Waals surface area contributed by atoms with Crippen molar-refractivity contribution in [2.45, 2.75) is 56.6 Å². The molecule has 0 radical (unpaired) electrons. The van der Waals surface area contributed by atoms with E-state index >= 15 is 0 Å². The van der Waals surface area contributed by atoms with E-state index < -0.39 is 16.6 Å². The third kappa shape index (κ3) is 2.43. The Morgan fingerprint density at radius 1 is 1.44 bits per heavy atom. The van der Waals surface area contributed by atoms with Gasteiger partial charge >= 0.3 is 0 Å². The van der Waals surface area contributed by atoms with Crippen LogP contribution in [-0.2, 0) is 16.6 Å². The Hall–Kier alpha value is -0.920. The van der Waals surface area contributed by atoms with Gasteiger partial charge < -0.3 is 5.11 Å². The van der Waals surface area contributed by atoms with Crippen molar-refractivity contribution >= 4 is 10.0 Å². The van der Waals surface area contributed by atoms with Gasteiger partial charge in [0.05, 0.1) is 12.3 Å². The molecule has 0 aromatic carbocycles. The van der Waals surface area contributed by atoms with Crippen LogP contribution < -0.4 is 4.72 Å². The molecule has 0 unspecified atom stereocenters. The van der Waals surface area contributed by atoms with Crippen LogP contribution in [0.1, 0.15) is 44.0 Å². The lowest BCUT2D eigenvalue weighted by molar-refractivity contribution is 0.273. The summed E-state index contributed by atoms with van der Waals surface area (Å²) in [5, 5.41) is 15.6. The molecule has 102 valence electrons. The Morgan fingerprint density at radius 2 is 2.06 bits per heavy atom. The first-order valence-corrected chi connectivity index (χ1v) is 7.55. The van der Waals surface area contributed by atoms with Gasteiger partial charge in [0, 0.05) is 5.54 Å². The van der Waals surface area contributed by atoms with Gasteiger partial charge in [0.1, 0.15) is 10.6 Å². The quantitative estimate of drug-likeness (QED) is 0.757. The van der Waals surface area contributed by atoms with Crippen molar-refractivity contribution < 1.29 is 13.5 Å². The fraction of sp³-hybridized carbons (Fsp3) is 0.727. The molecule has 1 fully saturated rings. The Kier molecular flexibility index (Phi) is 3.48. The van der Waals surface area contributed by atoms with Gasteiger partial charge in [-0.3, -0.25) is 5.10 Å². The maximum absolute atomic E-state index is 12.4. The SMILES string of the molecule is Cc1[nH]nc(CO)c1S(=O)(=O)NC1(C)CCCC1. The smallest absolute Gasteiger partial charge is 0.244 e. The van der Waals surface area contributed by atoms with Crippen molar-refractivity contribution in [3.63, 3.8) is 0 Å². The van der Waals surface area contributed by atoms with Crippen LogP contribution in [0.4, 0.5) is 0 Å². The minimum Gasteiger partial charge on any atom is -0.390 e. The fourth-order valence-electron chi connectivity index (χ4n) is 2.57. The number of aromatic nitrogens is 2. The summed E-state index contributed by atoms with van der Waals surface area (Å²) in [5.74, 6) is 0. The third-order valence-electron chi connectivity index (χ3n) is 3.47. The van der Waals surface area contributed by atoms with E-state index in [1.54, 1.807) is 6.92 Å². The van der Waals surface area contributed by atoms with E-state index in [0.717, 1.165) is 25.7 Å². The number of H-pyrrole nitrogens is 1. The van der Waals surface area contributed by atoms with Crippen molar-refractivity contribution in [3.05, 3.63) is 11.4 Å². The Balaban J connectivity index is 2.33. The maximum atomic E-state index is 12.4. The molecule has 7 heteroatoms. The summed E-state index contributed by atoms with van der Waals surface area (Å²) < 4.78 is 27.5. The molecule has 6 nitrogen and oxygen atoms in total. The Morgan fingerprint density at radius 3 is 2.61 bits per heavy atom. The molecule has 0 amide bonds. The molecule has 1 aromatic rings. The summed E-state index contributed by atoms with van der Waals surface area (Å²) >= 11 is 0. The monoisotopic (exact) mass is 273 g/mol. The number of aromatic amines is 1. The molecule has 1 aliphatic carbocycles. The van der Waals surface area contributed by atoms with Crippen molar-refractivity contribution in [1.29, 1.82) is 0 Å². The first-order chi connectivity index (χ1) is 8.38. The van der Waals surface area contributed by atoms with Crippen LogP contribution in [0.15, 0.2) is 4.90 Å². The predicted molar refractivity (Wildman–Crippen MR) is 66.4 cm³/mol. The minimum atomic E-state index is -3.64. The van der Waals surface area contributed by atoms with Gasteiger partial charge in [0.2, 0.25) is 10.0 Å². The normalized spacial score (nSPS) is 19.3. The van der Waals surface area contributed by atoms with Crippen LogP contribution >= 0.6 is 0 Å². The van der Waals surface area contributed by atoms with Gasteiger partial charge in [-0.1, -0.05) is 12.8 Å². The number of aliphatic hydroxyl groups is 1. The summed E-state index contributed by atoms with van der Waals surface area (Å²) in [4.78, 5) is 0.0816. The van der Waals surface area contributed by atoms with E-state index in [1.807, 2.05) is 6.92 Å². The predicted octanol–water partition coefficient (Wildman–Crippen LogP) is 0.821. The largest absolute Gasteiger partial charge is 0.390 e. The van der Waals surface area contributed by atoms with Gasteiger partial charge in [-0.2, -0.15) is 5.10 Å². The molecule has 1 aromatic heterocycles. The molecule has 0 atom stereocenters. The second kappa shape index (κ2) is 4.64. The fourth-order valence-corrected chi connectivity index (χ4v) is 4.39. The van der Waals surface area contributed by atoms with Crippen LogP contribution in [0.25, 0.3) is 0 Å². The molecular formula is C11H19N3O3S. The molecule has 1 heterocycles. The third-order valence-corrected chi connectivity index (χ3v) is 5.31. The maximum Gasteiger partial charge on any atom is 0.244 e. The van der Waals surface area contributed by atoms with E-state index in [9.17, 15) is 8.42 Å². The van der Waals surface area contributed by atoms with Gasteiger partial charge in [0.25, 0.3) is 0 Å². The average molecular weight is 273 g/mol. The number of nitrogens with zero attached hydrogens (tertiary/aromatic N) is 1. The van der Waals surface area contributed by atoms with Crippen LogP contribution in [-0.4, -0.2) is 29.3 Å². The molecule has 1 aliphatic rings. The second-order valence-corrected chi connectivity index (χ2v) is 6.78. The highest BCUT2D eigenvalue weighted by molar-refractivity contribution is 7.89. The summed E-state index contributed by atoms with van der Waals surface area (Å²) in [6.45, 7) is 3.17. The highest BCUT2D eigenvalue weighted by Gasteiger charge is 2.35. The van der Waals surface area contributed by atoms with Crippen LogP contribution in [0.2, 0.25) is 0 Å². The number of sulfonamides is 1. The molecule has 0 saturated heterocycles. The summed E-state index contributed by atoms with van der Waals surface area (Å²) in [5.41, 5.74) is 0.240. The molecular weight excluding hydrogens is 254 g/mol. The lowest BCUT2D eigenvalue weighted by atomic mass is 10.0.